The number of carbonyl (C=O) groups is 2. The lowest BCUT2D eigenvalue weighted by molar-refractivity contribution is -0.139. The third-order valence-corrected chi connectivity index (χ3v) is 5.82. The van der Waals surface area contributed by atoms with Crippen LogP contribution in [0.15, 0.2) is 18.2 Å². The molecule has 2 unspecified atom stereocenters. The molecule has 2 amide bonds. The first-order valence-electron chi connectivity index (χ1n) is 8.27. The van der Waals surface area contributed by atoms with Gasteiger partial charge in [0.2, 0.25) is 0 Å². The molecule has 0 radical (unpaired) electrons. The van der Waals surface area contributed by atoms with Gasteiger partial charge in [0.15, 0.2) is 9.84 Å². The van der Waals surface area contributed by atoms with Gasteiger partial charge in [0.25, 0.3) is 0 Å². The summed E-state index contributed by atoms with van der Waals surface area (Å²) in [5.41, 5.74) is 1.80. The molecular formula is C17H24N2O5S. The van der Waals surface area contributed by atoms with Gasteiger partial charge in [0.05, 0.1) is 24.2 Å². The summed E-state index contributed by atoms with van der Waals surface area (Å²) in [7, 11) is -3.11. The fraction of sp³-hybridized carbons (Fsp3) is 0.529. The fourth-order valence-corrected chi connectivity index (χ4v) is 4.47. The number of carbonyl (C=O) groups excluding carboxylic acids is 2. The highest BCUT2D eigenvalue weighted by molar-refractivity contribution is 7.91. The van der Waals surface area contributed by atoms with Gasteiger partial charge in [-0.05, 0) is 33.3 Å². The summed E-state index contributed by atoms with van der Waals surface area (Å²) in [5, 5.41) is 5.12. The van der Waals surface area contributed by atoms with Crippen molar-refractivity contribution in [1.82, 2.24) is 10.6 Å². The van der Waals surface area contributed by atoms with Crippen molar-refractivity contribution in [3.05, 3.63) is 29.3 Å². The van der Waals surface area contributed by atoms with Crippen molar-refractivity contribution >= 4 is 21.7 Å². The van der Waals surface area contributed by atoms with Gasteiger partial charge >= 0.3 is 11.8 Å². The topological polar surface area (TPSA) is 102 Å². The molecule has 1 fully saturated rings. The van der Waals surface area contributed by atoms with Crippen molar-refractivity contribution in [2.45, 2.75) is 39.3 Å². The molecule has 1 aliphatic heterocycles. The van der Waals surface area contributed by atoms with Crippen LogP contribution in [-0.2, 0) is 19.4 Å². The molecule has 1 aromatic rings. The van der Waals surface area contributed by atoms with Crippen LogP contribution >= 0.6 is 0 Å². The summed E-state index contributed by atoms with van der Waals surface area (Å²) in [4.78, 5) is 24.1. The first-order chi connectivity index (χ1) is 11.7. The number of nitrogens with one attached hydrogen (secondary N) is 2. The van der Waals surface area contributed by atoms with E-state index in [0.717, 1.165) is 11.1 Å². The van der Waals surface area contributed by atoms with Crippen molar-refractivity contribution in [1.29, 1.82) is 0 Å². The van der Waals surface area contributed by atoms with Crippen molar-refractivity contribution in [2.75, 3.05) is 18.1 Å². The van der Waals surface area contributed by atoms with E-state index in [1.807, 2.05) is 32.0 Å². The SMILES string of the molecule is CCOc1ccc(C)cc1C(C)NC(=O)C(=O)NC1CCS(=O)(=O)C1. The largest absolute Gasteiger partial charge is 0.494 e. The van der Waals surface area contributed by atoms with Crippen molar-refractivity contribution in [2.24, 2.45) is 0 Å². The minimum atomic E-state index is -3.11. The summed E-state index contributed by atoms with van der Waals surface area (Å²) < 4.78 is 28.4. The van der Waals surface area contributed by atoms with E-state index in [0.29, 0.717) is 18.8 Å². The lowest BCUT2D eigenvalue weighted by Gasteiger charge is -2.19. The number of rotatable bonds is 5. The molecule has 8 heteroatoms. The lowest BCUT2D eigenvalue weighted by atomic mass is 10.0. The molecule has 1 aliphatic rings. The Morgan fingerprint density at radius 1 is 1.32 bits per heavy atom. The van der Waals surface area contributed by atoms with Gasteiger partial charge in [-0.25, -0.2) is 8.42 Å². The maximum absolute atomic E-state index is 12.1. The van der Waals surface area contributed by atoms with Crippen LogP contribution in [0.1, 0.15) is 37.4 Å². The third kappa shape index (κ3) is 5.19. The van der Waals surface area contributed by atoms with E-state index in [2.05, 4.69) is 10.6 Å². The second-order valence-electron chi connectivity index (χ2n) is 6.24. The van der Waals surface area contributed by atoms with Crippen molar-refractivity contribution < 1.29 is 22.7 Å². The maximum atomic E-state index is 12.1. The normalized spacial score (nSPS) is 19.9. The molecule has 25 heavy (non-hydrogen) atoms. The number of hydrogen-bond acceptors (Lipinski definition) is 5. The highest BCUT2D eigenvalue weighted by Gasteiger charge is 2.30. The Kier molecular flexibility index (Phi) is 6.05. The summed E-state index contributed by atoms with van der Waals surface area (Å²) >= 11 is 0. The molecule has 0 aromatic heterocycles. The summed E-state index contributed by atoms with van der Waals surface area (Å²) in [6.45, 7) is 6.06. The second kappa shape index (κ2) is 7.86. The number of aryl methyl sites for hydroxylation is 1. The van der Waals surface area contributed by atoms with Crippen LogP contribution in [0.4, 0.5) is 0 Å². The standard InChI is InChI=1S/C17H24N2O5S/c1-4-24-15-6-5-11(2)9-14(15)12(3)18-16(20)17(21)19-13-7-8-25(22,23)10-13/h5-6,9,12-13H,4,7-8,10H2,1-3H3,(H,18,20)(H,19,21). The van der Waals surface area contributed by atoms with Crippen LogP contribution in [-0.4, -0.2) is 44.4 Å². The maximum Gasteiger partial charge on any atom is 0.309 e. The summed E-state index contributed by atoms with van der Waals surface area (Å²) in [5.74, 6) is -1.03. The van der Waals surface area contributed by atoms with Crippen molar-refractivity contribution in [3.8, 4) is 5.75 Å². The smallest absolute Gasteiger partial charge is 0.309 e. The lowest BCUT2D eigenvalue weighted by Crippen LogP contribution is -2.45. The van der Waals surface area contributed by atoms with E-state index < -0.39 is 33.7 Å². The minimum Gasteiger partial charge on any atom is -0.494 e. The van der Waals surface area contributed by atoms with E-state index in [1.54, 1.807) is 6.92 Å². The van der Waals surface area contributed by atoms with Gasteiger partial charge in [-0.3, -0.25) is 9.59 Å². The van der Waals surface area contributed by atoms with Gasteiger partial charge < -0.3 is 15.4 Å². The Morgan fingerprint density at radius 3 is 2.64 bits per heavy atom. The minimum absolute atomic E-state index is 0.0387. The molecule has 1 saturated heterocycles. The van der Waals surface area contributed by atoms with Crippen LogP contribution in [0.3, 0.4) is 0 Å². The van der Waals surface area contributed by atoms with E-state index >= 15 is 0 Å². The number of hydrogen-bond donors (Lipinski definition) is 2. The fourth-order valence-electron chi connectivity index (χ4n) is 2.79. The Morgan fingerprint density at radius 2 is 2.04 bits per heavy atom. The first-order valence-corrected chi connectivity index (χ1v) is 10.1. The van der Waals surface area contributed by atoms with E-state index in [-0.39, 0.29) is 11.5 Å². The predicted molar refractivity (Wildman–Crippen MR) is 94.1 cm³/mol. The van der Waals surface area contributed by atoms with E-state index in [1.165, 1.54) is 0 Å². The van der Waals surface area contributed by atoms with Crippen LogP contribution in [0.2, 0.25) is 0 Å². The first kappa shape index (κ1) is 19.2. The van der Waals surface area contributed by atoms with Crippen molar-refractivity contribution in [3.63, 3.8) is 0 Å². The number of sulfone groups is 1. The molecule has 2 atom stereocenters. The monoisotopic (exact) mass is 368 g/mol. The number of amides is 2. The third-order valence-electron chi connectivity index (χ3n) is 4.05. The molecule has 7 nitrogen and oxygen atoms in total. The Hall–Kier alpha value is -2.09. The Balaban J connectivity index is 2.00. The molecule has 0 aliphatic carbocycles. The molecule has 1 aromatic carbocycles. The van der Waals surface area contributed by atoms with E-state index in [9.17, 15) is 18.0 Å². The molecule has 2 rings (SSSR count). The van der Waals surface area contributed by atoms with Gasteiger partial charge in [0.1, 0.15) is 5.75 Å². The zero-order chi connectivity index (χ0) is 18.6. The second-order valence-corrected chi connectivity index (χ2v) is 8.47. The Labute approximate surface area is 148 Å². The highest BCUT2D eigenvalue weighted by atomic mass is 32.2. The molecule has 0 bridgehead atoms. The molecular weight excluding hydrogens is 344 g/mol. The van der Waals surface area contributed by atoms with Crippen LogP contribution in [0.25, 0.3) is 0 Å². The van der Waals surface area contributed by atoms with Crippen LogP contribution < -0.4 is 15.4 Å². The zero-order valence-electron chi connectivity index (χ0n) is 14.7. The quantitative estimate of drug-likeness (QED) is 0.751. The average molecular weight is 368 g/mol. The summed E-state index contributed by atoms with van der Waals surface area (Å²) in [6, 6.07) is 4.72. The molecule has 1 heterocycles. The van der Waals surface area contributed by atoms with E-state index in [4.69, 9.17) is 4.74 Å². The van der Waals surface area contributed by atoms with Crippen LogP contribution in [0, 0.1) is 6.92 Å². The molecule has 0 spiro atoms. The van der Waals surface area contributed by atoms with Crippen LogP contribution in [0.5, 0.6) is 5.75 Å². The summed E-state index contributed by atoms with van der Waals surface area (Å²) in [6.07, 6.45) is 0.337. The van der Waals surface area contributed by atoms with Gasteiger partial charge in [-0.1, -0.05) is 17.7 Å². The predicted octanol–water partition coefficient (Wildman–Crippen LogP) is 0.874. The Bertz CT molecular complexity index is 760. The number of benzene rings is 1. The average Bonchev–Trinajstić information content (AvgIpc) is 2.87. The van der Waals surface area contributed by atoms with Gasteiger partial charge in [0, 0.05) is 11.6 Å². The molecule has 138 valence electrons. The molecule has 0 saturated carbocycles. The van der Waals surface area contributed by atoms with Gasteiger partial charge in [-0.15, -0.1) is 0 Å². The van der Waals surface area contributed by atoms with Gasteiger partial charge in [-0.2, -0.15) is 0 Å². The number of ether oxygens (including phenoxy) is 1. The highest BCUT2D eigenvalue weighted by Crippen LogP contribution is 2.26. The molecule has 2 N–H and O–H groups in total. The zero-order valence-corrected chi connectivity index (χ0v) is 15.5.